The standard InChI is InChI=1S/C16H22N2O6S/c1-11(16(21)22)17-15(20)5-4-10-18(3)25(23,24)14-8-6-13(7-9-14)12(2)19/h6-9,11H,4-5,10H2,1-3H3,(H,17,20)(H,21,22)/t11-/m1/s1. The van der Waals surface area contributed by atoms with Crippen molar-refractivity contribution < 1.29 is 27.9 Å². The zero-order valence-electron chi connectivity index (χ0n) is 14.4. The highest BCUT2D eigenvalue weighted by atomic mass is 32.2. The highest BCUT2D eigenvalue weighted by Gasteiger charge is 2.21. The minimum atomic E-state index is -3.72. The summed E-state index contributed by atoms with van der Waals surface area (Å²) in [4.78, 5) is 33.5. The molecule has 0 spiro atoms. The summed E-state index contributed by atoms with van der Waals surface area (Å²) in [5.41, 5.74) is 0.422. The van der Waals surface area contributed by atoms with Crippen molar-refractivity contribution in [2.75, 3.05) is 13.6 Å². The van der Waals surface area contributed by atoms with E-state index in [1.54, 1.807) is 0 Å². The van der Waals surface area contributed by atoms with Crippen LogP contribution in [0.4, 0.5) is 0 Å². The van der Waals surface area contributed by atoms with E-state index in [1.165, 1.54) is 45.2 Å². The van der Waals surface area contributed by atoms with Crippen LogP contribution in [0.25, 0.3) is 0 Å². The van der Waals surface area contributed by atoms with E-state index in [9.17, 15) is 22.8 Å². The second-order valence-corrected chi connectivity index (χ2v) is 7.68. The highest BCUT2D eigenvalue weighted by Crippen LogP contribution is 2.16. The molecule has 0 heterocycles. The van der Waals surface area contributed by atoms with Crippen LogP contribution in [0.3, 0.4) is 0 Å². The van der Waals surface area contributed by atoms with Crippen LogP contribution in [0, 0.1) is 0 Å². The minimum Gasteiger partial charge on any atom is -0.480 e. The van der Waals surface area contributed by atoms with Crippen molar-refractivity contribution in [2.24, 2.45) is 0 Å². The Morgan fingerprint density at radius 3 is 2.24 bits per heavy atom. The fourth-order valence-corrected chi connectivity index (χ4v) is 3.21. The van der Waals surface area contributed by atoms with Crippen molar-refractivity contribution in [3.63, 3.8) is 0 Å². The second kappa shape index (κ2) is 8.72. The fraction of sp³-hybridized carbons (Fsp3) is 0.438. The molecule has 1 aromatic carbocycles. The number of carboxylic acid groups (broad SMARTS) is 1. The average Bonchev–Trinajstić information content (AvgIpc) is 2.54. The number of benzene rings is 1. The Morgan fingerprint density at radius 1 is 1.20 bits per heavy atom. The van der Waals surface area contributed by atoms with Crippen LogP contribution in [0.2, 0.25) is 0 Å². The molecular formula is C16H22N2O6S. The first-order valence-corrected chi connectivity index (χ1v) is 9.09. The molecule has 1 aromatic rings. The van der Waals surface area contributed by atoms with Gasteiger partial charge in [0.2, 0.25) is 15.9 Å². The number of amides is 1. The molecule has 0 saturated heterocycles. The zero-order chi connectivity index (χ0) is 19.2. The van der Waals surface area contributed by atoms with Crippen molar-refractivity contribution in [2.45, 2.75) is 37.6 Å². The molecule has 1 amide bonds. The Bertz CT molecular complexity index is 742. The maximum atomic E-state index is 12.4. The predicted molar refractivity (Wildman–Crippen MR) is 90.7 cm³/mol. The summed E-state index contributed by atoms with van der Waals surface area (Å²) in [6.45, 7) is 2.85. The number of nitrogens with one attached hydrogen (secondary N) is 1. The Morgan fingerprint density at radius 2 is 1.76 bits per heavy atom. The third-order valence-electron chi connectivity index (χ3n) is 3.59. The third kappa shape index (κ3) is 5.95. The summed E-state index contributed by atoms with van der Waals surface area (Å²) < 4.78 is 26.0. The van der Waals surface area contributed by atoms with Crippen molar-refractivity contribution in [3.05, 3.63) is 29.8 Å². The van der Waals surface area contributed by atoms with Crippen molar-refractivity contribution in [3.8, 4) is 0 Å². The number of carboxylic acids is 1. The number of sulfonamides is 1. The Hall–Kier alpha value is -2.26. The normalized spacial score (nSPS) is 12.6. The first kappa shape index (κ1) is 20.8. The summed E-state index contributed by atoms with van der Waals surface area (Å²) in [5, 5.41) is 11.0. The van der Waals surface area contributed by atoms with E-state index >= 15 is 0 Å². The zero-order valence-corrected chi connectivity index (χ0v) is 15.2. The van der Waals surface area contributed by atoms with Gasteiger partial charge in [-0.1, -0.05) is 12.1 Å². The van der Waals surface area contributed by atoms with E-state index in [1.807, 2.05) is 0 Å². The Balaban J connectivity index is 2.60. The molecule has 0 fully saturated rings. The molecule has 0 aliphatic heterocycles. The number of hydrogen-bond acceptors (Lipinski definition) is 5. The van der Waals surface area contributed by atoms with Gasteiger partial charge in [-0.25, -0.2) is 12.7 Å². The number of nitrogens with zero attached hydrogens (tertiary/aromatic N) is 1. The molecular weight excluding hydrogens is 348 g/mol. The topological polar surface area (TPSA) is 121 Å². The van der Waals surface area contributed by atoms with Crippen LogP contribution in [0.15, 0.2) is 29.2 Å². The molecule has 2 N–H and O–H groups in total. The van der Waals surface area contributed by atoms with Gasteiger partial charge in [0, 0.05) is 25.6 Å². The highest BCUT2D eigenvalue weighted by molar-refractivity contribution is 7.89. The lowest BCUT2D eigenvalue weighted by molar-refractivity contribution is -0.141. The summed E-state index contributed by atoms with van der Waals surface area (Å²) in [5.74, 6) is -1.74. The molecule has 0 aromatic heterocycles. The number of ketones is 1. The molecule has 0 unspecified atom stereocenters. The first-order chi connectivity index (χ1) is 11.6. The maximum Gasteiger partial charge on any atom is 0.325 e. The van der Waals surface area contributed by atoms with Gasteiger partial charge >= 0.3 is 5.97 Å². The third-order valence-corrected chi connectivity index (χ3v) is 5.46. The van der Waals surface area contributed by atoms with Gasteiger partial charge in [0.05, 0.1) is 4.90 Å². The number of carbonyl (C=O) groups is 3. The van der Waals surface area contributed by atoms with E-state index < -0.39 is 27.9 Å². The molecule has 138 valence electrons. The number of Topliss-reactive ketones (excluding diaryl/α,β-unsaturated/α-hetero) is 1. The lowest BCUT2D eigenvalue weighted by Gasteiger charge is -2.17. The average molecular weight is 370 g/mol. The number of hydrogen-bond donors (Lipinski definition) is 2. The largest absolute Gasteiger partial charge is 0.480 e. The van der Waals surface area contributed by atoms with Gasteiger partial charge in [0.25, 0.3) is 0 Å². The molecule has 0 saturated carbocycles. The number of aliphatic carboxylic acids is 1. The van der Waals surface area contributed by atoms with Crippen LogP contribution in [0.1, 0.15) is 37.0 Å². The Kier molecular flexibility index (Phi) is 7.25. The number of rotatable bonds is 9. The van der Waals surface area contributed by atoms with Gasteiger partial charge in [-0.2, -0.15) is 0 Å². The van der Waals surface area contributed by atoms with E-state index in [-0.39, 0.29) is 30.1 Å². The minimum absolute atomic E-state index is 0.0146. The van der Waals surface area contributed by atoms with E-state index in [4.69, 9.17) is 5.11 Å². The van der Waals surface area contributed by atoms with Crippen molar-refractivity contribution >= 4 is 27.7 Å². The molecule has 0 radical (unpaired) electrons. The van der Waals surface area contributed by atoms with Crippen molar-refractivity contribution in [1.29, 1.82) is 0 Å². The van der Waals surface area contributed by atoms with Crippen LogP contribution in [-0.2, 0) is 19.6 Å². The SMILES string of the molecule is CC(=O)c1ccc(S(=O)(=O)N(C)CCCC(=O)N[C@H](C)C(=O)O)cc1. The summed E-state index contributed by atoms with van der Waals surface area (Å²) in [7, 11) is -2.32. The van der Waals surface area contributed by atoms with Crippen LogP contribution >= 0.6 is 0 Å². The summed E-state index contributed by atoms with van der Waals surface area (Å²) in [6, 6.07) is 4.63. The number of carbonyl (C=O) groups excluding carboxylic acids is 2. The van der Waals surface area contributed by atoms with Crippen LogP contribution < -0.4 is 5.32 Å². The van der Waals surface area contributed by atoms with Gasteiger partial charge in [-0.3, -0.25) is 14.4 Å². The predicted octanol–water partition coefficient (Wildman–Crippen LogP) is 0.879. The molecule has 25 heavy (non-hydrogen) atoms. The summed E-state index contributed by atoms with van der Waals surface area (Å²) >= 11 is 0. The van der Waals surface area contributed by atoms with Crippen LogP contribution in [-0.4, -0.2) is 55.1 Å². The molecule has 0 bridgehead atoms. The van der Waals surface area contributed by atoms with Crippen LogP contribution in [0.5, 0.6) is 0 Å². The molecule has 1 rings (SSSR count). The smallest absolute Gasteiger partial charge is 0.325 e. The van der Waals surface area contributed by atoms with Gasteiger partial charge in [0.1, 0.15) is 6.04 Å². The van der Waals surface area contributed by atoms with E-state index in [2.05, 4.69) is 5.32 Å². The quantitative estimate of drug-likeness (QED) is 0.623. The van der Waals surface area contributed by atoms with Gasteiger partial charge < -0.3 is 10.4 Å². The first-order valence-electron chi connectivity index (χ1n) is 7.65. The Labute approximate surface area is 146 Å². The van der Waals surface area contributed by atoms with E-state index in [0.29, 0.717) is 5.56 Å². The van der Waals surface area contributed by atoms with Gasteiger partial charge in [-0.05, 0) is 32.4 Å². The van der Waals surface area contributed by atoms with E-state index in [0.717, 1.165) is 4.31 Å². The van der Waals surface area contributed by atoms with Gasteiger partial charge in [-0.15, -0.1) is 0 Å². The summed E-state index contributed by atoms with van der Waals surface area (Å²) in [6.07, 6.45) is 0.264. The second-order valence-electron chi connectivity index (χ2n) is 5.64. The lowest BCUT2D eigenvalue weighted by Crippen LogP contribution is -2.38. The maximum absolute atomic E-state index is 12.4. The lowest BCUT2D eigenvalue weighted by atomic mass is 10.2. The monoisotopic (exact) mass is 370 g/mol. The molecule has 9 heteroatoms. The van der Waals surface area contributed by atoms with Crippen molar-refractivity contribution in [1.82, 2.24) is 9.62 Å². The molecule has 8 nitrogen and oxygen atoms in total. The molecule has 1 atom stereocenters. The molecule has 0 aliphatic carbocycles. The molecule has 0 aliphatic rings. The fourth-order valence-electron chi connectivity index (χ4n) is 2.00. The van der Waals surface area contributed by atoms with Gasteiger partial charge in [0.15, 0.2) is 5.78 Å².